The third-order valence-electron chi connectivity index (χ3n) is 4.11. The van der Waals surface area contributed by atoms with Crippen LogP contribution in [0, 0.1) is 5.92 Å². The molecule has 2 rings (SSSR count). The molecule has 82 valence electrons. The molecule has 1 fully saturated rings. The Balaban J connectivity index is 2.07. The minimum Gasteiger partial charge on any atom is -0.385 e. The fourth-order valence-corrected chi connectivity index (χ4v) is 2.96. The minimum atomic E-state index is -0.433. The molecule has 2 nitrogen and oxygen atoms in total. The Morgan fingerprint density at radius 3 is 2.80 bits per heavy atom. The lowest BCUT2D eigenvalue weighted by Crippen LogP contribution is -2.44. The second-order valence-corrected chi connectivity index (χ2v) is 5.33. The smallest absolute Gasteiger partial charge is 0.0950 e. The van der Waals surface area contributed by atoms with Crippen LogP contribution in [0.15, 0.2) is 11.3 Å². The molecular weight excluding hydrogens is 183 g/mol. The predicted octanol–water partition coefficient (Wildman–Crippen LogP) is 1.66. The summed E-state index contributed by atoms with van der Waals surface area (Å²) in [6, 6.07) is 0.580. The summed E-state index contributed by atoms with van der Waals surface area (Å²) >= 11 is 0. The van der Waals surface area contributed by atoms with E-state index in [0.29, 0.717) is 6.04 Å². The van der Waals surface area contributed by atoms with Gasteiger partial charge in [-0.2, -0.15) is 0 Å². The van der Waals surface area contributed by atoms with Crippen LogP contribution in [-0.2, 0) is 0 Å². The van der Waals surface area contributed by atoms with Crippen molar-refractivity contribution in [2.75, 3.05) is 0 Å². The summed E-state index contributed by atoms with van der Waals surface area (Å²) in [5, 5.41) is 3.58. The summed E-state index contributed by atoms with van der Waals surface area (Å²) in [7, 11) is 6.04. The molecule has 2 radical (unpaired) electrons. The van der Waals surface area contributed by atoms with E-state index in [-0.39, 0.29) is 0 Å². The van der Waals surface area contributed by atoms with Crippen LogP contribution >= 0.6 is 0 Å². The topological polar surface area (TPSA) is 38.0 Å². The minimum absolute atomic E-state index is 0.433. The van der Waals surface area contributed by atoms with Crippen molar-refractivity contribution in [2.24, 2.45) is 11.7 Å². The highest BCUT2D eigenvalue weighted by Crippen LogP contribution is 2.35. The van der Waals surface area contributed by atoms with Gasteiger partial charge in [0, 0.05) is 17.7 Å². The Bertz CT molecular complexity index is 283. The number of nitrogens with two attached hydrogens (primary N) is 1. The first-order valence-electron chi connectivity index (χ1n) is 6.01. The summed E-state index contributed by atoms with van der Waals surface area (Å²) in [4.78, 5) is 0. The lowest BCUT2D eigenvalue weighted by Gasteiger charge is -2.33. The number of rotatable bonds is 0. The van der Waals surface area contributed by atoms with Crippen LogP contribution in [0.4, 0.5) is 0 Å². The van der Waals surface area contributed by atoms with Crippen molar-refractivity contribution in [1.29, 1.82) is 0 Å². The molecule has 1 aliphatic carbocycles. The predicted molar refractivity (Wildman–Crippen MR) is 64.5 cm³/mol. The van der Waals surface area contributed by atoms with Crippen molar-refractivity contribution in [3.63, 3.8) is 0 Å². The first-order chi connectivity index (χ1) is 6.99. The van der Waals surface area contributed by atoms with E-state index in [1.54, 1.807) is 5.57 Å². The third kappa shape index (κ3) is 2.22. The van der Waals surface area contributed by atoms with Gasteiger partial charge in [-0.05, 0) is 50.5 Å². The van der Waals surface area contributed by atoms with E-state index in [2.05, 4.69) is 19.2 Å². The van der Waals surface area contributed by atoms with Gasteiger partial charge in [0.2, 0.25) is 0 Å². The maximum absolute atomic E-state index is 6.04. The van der Waals surface area contributed by atoms with Gasteiger partial charge in [0.25, 0.3) is 0 Å². The van der Waals surface area contributed by atoms with Gasteiger partial charge in [0.1, 0.15) is 0 Å². The standard InChI is InChI=1S/C12H21BN2/c1-8-9(2)15-11-5-7-12(13,14)6-3-4-10(8)11/h10-11,15H,3-7,14H2,1-2H3. The quantitative estimate of drug-likeness (QED) is 0.589. The largest absolute Gasteiger partial charge is 0.385 e. The lowest BCUT2D eigenvalue weighted by atomic mass is 9.68. The molecule has 0 saturated heterocycles. The summed E-state index contributed by atoms with van der Waals surface area (Å²) in [5.41, 5.74) is 8.51. The summed E-state index contributed by atoms with van der Waals surface area (Å²) in [6.07, 6.45) is 5.38. The Kier molecular flexibility index (Phi) is 2.84. The molecule has 0 aromatic heterocycles. The molecule has 0 amide bonds. The number of hydrogen-bond acceptors (Lipinski definition) is 2. The molecule has 3 unspecified atom stereocenters. The number of fused-ring (bicyclic) bond motifs is 1. The molecule has 1 heterocycles. The maximum Gasteiger partial charge on any atom is 0.0950 e. The van der Waals surface area contributed by atoms with Crippen LogP contribution in [-0.4, -0.2) is 19.3 Å². The van der Waals surface area contributed by atoms with E-state index in [1.807, 2.05) is 0 Å². The Hall–Kier alpha value is -0.435. The lowest BCUT2D eigenvalue weighted by molar-refractivity contribution is 0.323. The van der Waals surface area contributed by atoms with E-state index in [1.165, 1.54) is 12.1 Å². The normalized spacial score (nSPS) is 41.8. The SMILES string of the molecule is [B]C1(N)CCCC2C(C)=C(C)NC2CC1. The molecule has 2 aliphatic rings. The zero-order valence-electron chi connectivity index (χ0n) is 9.84. The van der Waals surface area contributed by atoms with Gasteiger partial charge in [-0.3, -0.25) is 0 Å². The highest BCUT2D eigenvalue weighted by molar-refractivity contribution is 6.15. The highest BCUT2D eigenvalue weighted by atomic mass is 15.0. The van der Waals surface area contributed by atoms with Gasteiger partial charge in [-0.25, -0.2) is 0 Å². The average Bonchev–Trinajstić information content (AvgIpc) is 2.40. The van der Waals surface area contributed by atoms with E-state index >= 15 is 0 Å². The van der Waals surface area contributed by atoms with Crippen molar-refractivity contribution in [3.8, 4) is 0 Å². The molecule has 3 N–H and O–H groups in total. The number of hydrogen-bond donors (Lipinski definition) is 2. The first-order valence-corrected chi connectivity index (χ1v) is 6.01. The molecule has 0 spiro atoms. The van der Waals surface area contributed by atoms with Crippen molar-refractivity contribution >= 4 is 7.85 Å². The molecule has 1 saturated carbocycles. The van der Waals surface area contributed by atoms with Crippen molar-refractivity contribution in [1.82, 2.24) is 5.32 Å². The fraction of sp³-hybridized carbons (Fsp3) is 0.833. The van der Waals surface area contributed by atoms with Gasteiger partial charge in [-0.1, -0.05) is 6.42 Å². The number of allylic oxidation sites excluding steroid dienone is 1. The van der Waals surface area contributed by atoms with Crippen LogP contribution in [0.1, 0.15) is 46.0 Å². The molecule has 15 heavy (non-hydrogen) atoms. The van der Waals surface area contributed by atoms with Crippen LogP contribution in [0.2, 0.25) is 0 Å². The summed E-state index contributed by atoms with van der Waals surface area (Å²) < 4.78 is 0. The molecular formula is C12H21BN2. The van der Waals surface area contributed by atoms with E-state index in [4.69, 9.17) is 13.6 Å². The van der Waals surface area contributed by atoms with E-state index < -0.39 is 5.44 Å². The first kappa shape index (κ1) is 11.1. The fourth-order valence-electron chi connectivity index (χ4n) is 2.96. The Morgan fingerprint density at radius 1 is 1.33 bits per heavy atom. The number of nitrogens with one attached hydrogen (secondary N) is 1. The zero-order valence-corrected chi connectivity index (χ0v) is 9.84. The molecule has 0 aromatic rings. The Labute approximate surface area is 94.1 Å². The van der Waals surface area contributed by atoms with Crippen LogP contribution in [0.25, 0.3) is 0 Å². The molecule has 0 aromatic carbocycles. The molecule has 3 atom stereocenters. The van der Waals surface area contributed by atoms with Crippen LogP contribution < -0.4 is 11.1 Å². The highest BCUT2D eigenvalue weighted by Gasteiger charge is 2.33. The van der Waals surface area contributed by atoms with Crippen molar-refractivity contribution in [3.05, 3.63) is 11.3 Å². The van der Waals surface area contributed by atoms with Gasteiger partial charge < -0.3 is 11.1 Å². The maximum atomic E-state index is 6.04. The Morgan fingerprint density at radius 2 is 2.07 bits per heavy atom. The van der Waals surface area contributed by atoms with Gasteiger partial charge in [-0.15, -0.1) is 0 Å². The zero-order chi connectivity index (χ0) is 11.1. The van der Waals surface area contributed by atoms with Crippen molar-refractivity contribution in [2.45, 2.75) is 57.4 Å². The summed E-state index contributed by atoms with van der Waals surface area (Å²) in [5.74, 6) is 0.723. The molecule has 3 heteroatoms. The second kappa shape index (κ2) is 3.86. The third-order valence-corrected chi connectivity index (χ3v) is 4.11. The van der Waals surface area contributed by atoms with E-state index in [0.717, 1.165) is 31.6 Å². The van der Waals surface area contributed by atoms with Gasteiger partial charge in [0.05, 0.1) is 7.85 Å². The van der Waals surface area contributed by atoms with Crippen LogP contribution in [0.3, 0.4) is 0 Å². The van der Waals surface area contributed by atoms with Gasteiger partial charge in [0.15, 0.2) is 0 Å². The van der Waals surface area contributed by atoms with E-state index in [9.17, 15) is 0 Å². The molecule has 0 bridgehead atoms. The average molecular weight is 204 g/mol. The van der Waals surface area contributed by atoms with Gasteiger partial charge >= 0.3 is 0 Å². The molecule has 1 aliphatic heterocycles. The van der Waals surface area contributed by atoms with Crippen LogP contribution in [0.5, 0.6) is 0 Å². The second-order valence-electron chi connectivity index (χ2n) is 5.33. The van der Waals surface area contributed by atoms with Crippen molar-refractivity contribution < 1.29 is 0 Å². The monoisotopic (exact) mass is 204 g/mol. The summed E-state index contributed by atoms with van der Waals surface area (Å²) in [6.45, 7) is 4.44.